The number of aromatic amines is 1. The number of benzene rings is 2. The number of methoxy groups -OCH3 is 1. The van der Waals surface area contributed by atoms with E-state index >= 15 is 4.39 Å². The van der Waals surface area contributed by atoms with Gasteiger partial charge >= 0.3 is 5.69 Å². The topological polar surface area (TPSA) is 203 Å². The average Bonchev–Trinajstić information content (AvgIpc) is 3.34. The lowest BCUT2D eigenvalue weighted by Gasteiger charge is -2.25. The summed E-state index contributed by atoms with van der Waals surface area (Å²) in [5.41, 5.74) is 6.33. The zero-order valence-corrected chi connectivity index (χ0v) is 21.3. The molecule has 1 atom stereocenters. The zero-order valence-electron chi connectivity index (χ0n) is 21.3. The van der Waals surface area contributed by atoms with Crippen molar-refractivity contribution in [2.45, 2.75) is 19.6 Å². The van der Waals surface area contributed by atoms with E-state index in [4.69, 9.17) is 35.3 Å². The summed E-state index contributed by atoms with van der Waals surface area (Å²) in [6.45, 7) is 1.04. The van der Waals surface area contributed by atoms with Crippen molar-refractivity contribution in [3.05, 3.63) is 87.6 Å². The number of hydrogen-bond acceptors (Lipinski definition) is 10. The molecule has 3 heterocycles. The van der Waals surface area contributed by atoms with Crippen molar-refractivity contribution in [3.63, 3.8) is 0 Å². The number of H-pyrrole nitrogens is 1. The largest absolute Gasteiger partial charge is 0.493 e. The Morgan fingerprint density at radius 3 is 2.60 bits per heavy atom. The highest BCUT2D eigenvalue weighted by Gasteiger charge is 2.30. The fraction of sp³-hybridized carbons (Fsp3) is 0.200. The van der Waals surface area contributed by atoms with Gasteiger partial charge in [-0.1, -0.05) is 0 Å². The Hall–Kier alpha value is -5.31. The summed E-state index contributed by atoms with van der Waals surface area (Å²) in [4.78, 5) is 32.5. The van der Waals surface area contributed by atoms with Crippen LogP contribution in [0.1, 0.15) is 35.5 Å². The maximum absolute atomic E-state index is 15.9. The highest BCUT2D eigenvalue weighted by Crippen LogP contribution is 2.41. The number of rotatable bonds is 7. The van der Waals surface area contributed by atoms with E-state index in [2.05, 4.69) is 25.4 Å². The quantitative estimate of drug-likeness (QED) is 0.166. The second-order valence-corrected chi connectivity index (χ2v) is 8.26. The Morgan fingerprint density at radius 2 is 1.98 bits per heavy atom. The Bertz CT molecular complexity index is 1570. The summed E-state index contributed by atoms with van der Waals surface area (Å²) < 4.78 is 33.1. The van der Waals surface area contributed by atoms with Crippen molar-refractivity contribution in [2.75, 3.05) is 19.2 Å². The van der Waals surface area contributed by atoms with Crippen LogP contribution in [0.4, 0.5) is 10.1 Å². The number of aromatic nitrogens is 5. The second-order valence-electron chi connectivity index (χ2n) is 8.26. The van der Waals surface area contributed by atoms with E-state index in [1.54, 1.807) is 30.3 Å². The zero-order chi connectivity index (χ0) is 28.8. The van der Waals surface area contributed by atoms with Crippen molar-refractivity contribution in [1.29, 1.82) is 5.41 Å². The average molecular weight is 553 g/mol. The maximum atomic E-state index is 15.9. The fourth-order valence-electron chi connectivity index (χ4n) is 3.80. The highest BCUT2D eigenvalue weighted by atomic mass is 19.1. The van der Waals surface area contributed by atoms with E-state index < -0.39 is 23.5 Å². The van der Waals surface area contributed by atoms with E-state index in [0.29, 0.717) is 17.0 Å². The molecule has 0 fully saturated rings. The molecule has 2 aromatic carbocycles. The van der Waals surface area contributed by atoms with Crippen LogP contribution >= 0.6 is 0 Å². The third kappa shape index (κ3) is 6.05. The van der Waals surface area contributed by atoms with Crippen LogP contribution in [0.25, 0.3) is 5.95 Å². The molecule has 0 saturated carbocycles. The number of fused-ring (bicyclic) bond motifs is 1. The van der Waals surface area contributed by atoms with Crippen LogP contribution < -0.4 is 26.2 Å². The van der Waals surface area contributed by atoms with E-state index in [-0.39, 0.29) is 47.9 Å². The molecule has 15 heteroatoms. The molecule has 0 radical (unpaired) electrons. The lowest BCUT2D eigenvalue weighted by Crippen LogP contribution is -2.20. The number of hydrogen-bond donors (Lipinski definition) is 5. The van der Waals surface area contributed by atoms with Gasteiger partial charge in [-0.15, -0.1) is 9.78 Å². The summed E-state index contributed by atoms with van der Waals surface area (Å²) in [5.74, 6) is -0.811. The van der Waals surface area contributed by atoms with E-state index in [9.17, 15) is 4.79 Å². The van der Waals surface area contributed by atoms with E-state index in [1.807, 2.05) is 0 Å². The summed E-state index contributed by atoms with van der Waals surface area (Å²) in [6, 6.07) is 8.76. The minimum atomic E-state index is -0.980. The third-order valence-corrected chi connectivity index (χ3v) is 5.52. The monoisotopic (exact) mass is 552 g/mol. The molecule has 14 nitrogen and oxygen atoms in total. The van der Waals surface area contributed by atoms with E-state index in [0.717, 1.165) is 11.6 Å². The van der Waals surface area contributed by atoms with Gasteiger partial charge in [0.05, 0.1) is 19.3 Å². The number of halogens is 1. The summed E-state index contributed by atoms with van der Waals surface area (Å²) in [6.07, 6.45) is 2.95. The normalized spacial score (nSPS) is 12.7. The van der Waals surface area contributed by atoms with Crippen LogP contribution in [0.3, 0.4) is 0 Å². The number of amidine groups is 1. The fourth-order valence-corrected chi connectivity index (χ4v) is 3.80. The first-order valence-corrected chi connectivity index (χ1v) is 11.7. The smallest absolute Gasteiger partial charge is 0.350 e. The van der Waals surface area contributed by atoms with Crippen LogP contribution in [0.2, 0.25) is 0 Å². The van der Waals surface area contributed by atoms with Gasteiger partial charge in [-0.25, -0.2) is 19.2 Å². The standard InChI is InChI=1S/C23H21FN8O4.C2H4O2/c1-34-16-9-14(17(24)15-10-35-11-36-19(15)16)18(29-13-5-3-12(4-6-13)20(25)26)21-30-23(33)32(31-21)22-27-7-2-8-28-22;1-2(3)4/h2-9,18,29H,10-11H2,1H3,(H3,25,26)(H,30,31,33);1H3,(H,3,4). The molecular weight excluding hydrogens is 527 g/mol. The number of ether oxygens (including phenoxy) is 3. The Kier molecular flexibility index (Phi) is 8.34. The number of nitrogen functional groups attached to an aromatic ring is 1. The second kappa shape index (κ2) is 12.0. The van der Waals surface area contributed by atoms with Crippen LogP contribution in [0, 0.1) is 11.2 Å². The lowest BCUT2D eigenvalue weighted by molar-refractivity contribution is -0.134. The molecule has 1 aliphatic heterocycles. The SMILES string of the molecule is CC(=O)O.COc1cc(C(Nc2ccc(C(=N)N)cc2)c2nn(-c3ncccn3)c(=O)[nH]2)c(F)c2c1OCOC2. The Morgan fingerprint density at radius 1 is 1.30 bits per heavy atom. The first kappa shape index (κ1) is 27.7. The summed E-state index contributed by atoms with van der Waals surface area (Å²) >= 11 is 0. The van der Waals surface area contributed by atoms with Gasteiger partial charge in [0.15, 0.2) is 24.1 Å². The number of nitrogens with zero attached hydrogens (tertiary/aromatic N) is 4. The van der Waals surface area contributed by atoms with Gasteiger partial charge in [-0.2, -0.15) is 0 Å². The number of anilines is 1. The first-order valence-electron chi connectivity index (χ1n) is 11.7. The van der Waals surface area contributed by atoms with Crippen molar-refractivity contribution in [3.8, 4) is 17.4 Å². The number of carbonyl (C=O) groups is 1. The van der Waals surface area contributed by atoms with Gasteiger partial charge in [0.2, 0.25) is 0 Å². The number of carboxylic acids is 1. The molecular formula is C25H25FN8O6. The molecule has 0 amide bonds. The highest BCUT2D eigenvalue weighted by molar-refractivity contribution is 5.95. The van der Waals surface area contributed by atoms with E-state index in [1.165, 1.54) is 25.6 Å². The van der Waals surface area contributed by atoms with Crippen molar-refractivity contribution < 1.29 is 28.5 Å². The number of carboxylic acid groups (broad SMARTS) is 1. The molecule has 40 heavy (non-hydrogen) atoms. The molecule has 208 valence electrons. The van der Waals surface area contributed by atoms with Crippen LogP contribution in [0.15, 0.2) is 53.6 Å². The number of aliphatic carboxylic acids is 1. The predicted molar refractivity (Wildman–Crippen MR) is 139 cm³/mol. The van der Waals surface area contributed by atoms with Crippen molar-refractivity contribution >= 4 is 17.5 Å². The van der Waals surface area contributed by atoms with Crippen molar-refractivity contribution in [2.24, 2.45) is 5.73 Å². The van der Waals surface area contributed by atoms with Gasteiger partial charge < -0.3 is 30.4 Å². The Balaban J connectivity index is 0.000000867. The molecule has 0 bridgehead atoms. The molecule has 0 aliphatic carbocycles. The summed E-state index contributed by atoms with van der Waals surface area (Å²) in [7, 11) is 1.45. The van der Waals surface area contributed by atoms with Crippen LogP contribution in [-0.4, -0.2) is 55.5 Å². The molecule has 0 spiro atoms. The van der Waals surface area contributed by atoms with Gasteiger partial charge in [0.1, 0.15) is 17.7 Å². The van der Waals surface area contributed by atoms with Gasteiger partial charge in [-0.3, -0.25) is 15.2 Å². The number of nitrogens with two attached hydrogens (primary N) is 1. The molecule has 0 saturated heterocycles. The third-order valence-electron chi connectivity index (χ3n) is 5.52. The number of nitrogens with one attached hydrogen (secondary N) is 3. The minimum absolute atomic E-state index is 0.0196. The molecule has 6 N–H and O–H groups in total. The van der Waals surface area contributed by atoms with Gasteiger partial charge in [-0.05, 0) is 36.4 Å². The van der Waals surface area contributed by atoms with Gasteiger partial charge in [0, 0.05) is 36.1 Å². The predicted octanol–water partition coefficient (Wildman–Crippen LogP) is 1.94. The van der Waals surface area contributed by atoms with Crippen LogP contribution in [-0.2, 0) is 16.1 Å². The molecule has 5 rings (SSSR count). The molecule has 1 unspecified atom stereocenters. The van der Waals surface area contributed by atoms with Crippen LogP contribution in [0.5, 0.6) is 11.5 Å². The molecule has 1 aliphatic rings. The lowest BCUT2D eigenvalue weighted by atomic mass is 9.99. The maximum Gasteiger partial charge on any atom is 0.350 e. The Labute approximate surface area is 226 Å². The first-order chi connectivity index (χ1) is 19.2. The molecule has 4 aromatic rings. The summed E-state index contributed by atoms with van der Waals surface area (Å²) in [5, 5.41) is 22.5. The van der Waals surface area contributed by atoms with Gasteiger partial charge in [0.25, 0.3) is 11.9 Å². The minimum Gasteiger partial charge on any atom is -0.493 e. The molecule has 2 aromatic heterocycles. The van der Waals surface area contributed by atoms with Crippen molar-refractivity contribution in [1.82, 2.24) is 24.7 Å².